The maximum atomic E-state index is 11.1. The average molecular weight is 276 g/mol. The molecule has 1 amide bonds. The number of hydrogen-bond acceptors (Lipinski definition) is 3. The van der Waals surface area contributed by atoms with Crippen molar-refractivity contribution in [2.75, 3.05) is 20.3 Å². The summed E-state index contributed by atoms with van der Waals surface area (Å²) in [5.41, 5.74) is 8.63. The van der Waals surface area contributed by atoms with E-state index in [9.17, 15) is 4.79 Å². The molecular formula is C16H24N2O2. The van der Waals surface area contributed by atoms with Crippen LogP contribution in [-0.2, 0) is 11.3 Å². The minimum absolute atomic E-state index is 0.371. The van der Waals surface area contributed by atoms with Crippen LogP contribution >= 0.6 is 0 Å². The normalized spacial score (nSPS) is 16.1. The zero-order chi connectivity index (χ0) is 14.6. The Morgan fingerprint density at radius 1 is 1.45 bits per heavy atom. The molecule has 2 rings (SSSR count). The summed E-state index contributed by atoms with van der Waals surface area (Å²) < 4.78 is 5.17. The second kappa shape index (κ2) is 6.37. The van der Waals surface area contributed by atoms with Gasteiger partial charge in [-0.25, -0.2) is 0 Å². The smallest absolute Gasteiger partial charge is 0.248 e. The van der Waals surface area contributed by atoms with E-state index in [1.54, 1.807) is 13.2 Å². The summed E-state index contributed by atoms with van der Waals surface area (Å²) in [5, 5.41) is 3.53. The van der Waals surface area contributed by atoms with Crippen LogP contribution in [0.4, 0.5) is 0 Å². The van der Waals surface area contributed by atoms with Crippen molar-refractivity contribution < 1.29 is 9.53 Å². The Morgan fingerprint density at radius 2 is 2.20 bits per heavy atom. The van der Waals surface area contributed by atoms with Crippen LogP contribution in [-0.4, -0.2) is 26.2 Å². The number of benzene rings is 1. The fourth-order valence-corrected chi connectivity index (χ4v) is 2.52. The molecule has 1 aliphatic carbocycles. The summed E-state index contributed by atoms with van der Waals surface area (Å²) in [6, 6.07) is 5.64. The van der Waals surface area contributed by atoms with E-state index in [0.29, 0.717) is 11.0 Å². The fraction of sp³-hybridized carbons (Fsp3) is 0.562. The summed E-state index contributed by atoms with van der Waals surface area (Å²) in [5.74, 6) is -0.371. The minimum Gasteiger partial charge on any atom is -0.385 e. The molecule has 0 radical (unpaired) electrons. The van der Waals surface area contributed by atoms with Gasteiger partial charge in [0.15, 0.2) is 0 Å². The molecule has 1 aromatic rings. The van der Waals surface area contributed by atoms with Crippen molar-refractivity contribution in [3.8, 4) is 0 Å². The summed E-state index contributed by atoms with van der Waals surface area (Å²) in [7, 11) is 1.76. The van der Waals surface area contributed by atoms with Crippen molar-refractivity contribution in [1.29, 1.82) is 0 Å². The largest absolute Gasteiger partial charge is 0.385 e. The first-order valence-electron chi connectivity index (χ1n) is 7.15. The number of ether oxygens (including phenoxy) is 1. The Morgan fingerprint density at radius 3 is 2.75 bits per heavy atom. The van der Waals surface area contributed by atoms with E-state index in [1.165, 1.54) is 18.4 Å². The van der Waals surface area contributed by atoms with Crippen LogP contribution in [0.2, 0.25) is 0 Å². The lowest BCUT2D eigenvalue weighted by Crippen LogP contribution is -2.25. The van der Waals surface area contributed by atoms with Gasteiger partial charge in [0.1, 0.15) is 0 Å². The van der Waals surface area contributed by atoms with Gasteiger partial charge in [0.05, 0.1) is 0 Å². The van der Waals surface area contributed by atoms with Gasteiger partial charge in [0.2, 0.25) is 5.91 Å². The van der Waals surface area contributed by atoms with Gasteiger partial charge < -0.3 is 15.8 Å². The second-order valence-electron chi connectivity index (χ2n) is 5.85. The van der Waals surface area contributed by atoms with Crippen molar-refractivity contribution in [3.05, 3.63) is 34.9 Å². The molecule has 0 atom stereocenters. The molecule has 20 heavy (non-hydrogen) atoms. The summed E-state index contributed by atoms with van der Waals surface area (Å²) >= 11 is 0. The van der Waals surface area contributed by atoms with Gasteiger partial charge in [0.25, 0.3) is 0 Å². The Hall–Kier alpha value is -1.39. The standard InChI is InChI=1S/C16H24N2O2/c1-12-9-13(15(17)19)3-4-14(12)10-18-11-16(5-6-16)7-8-20-2/h3-4,9,18H,5-8,10-11H2,1-2H3,(H2,17,19). The van der Waals surface area contributed by atoms with E-state index >= 15 is 0 Å². The van der Waals surface area contributed by atoms with Gasteiger partial charge in [-0.3, -0.25) is 4.79 Å². The molecule has 4 heteroatoms. The van der Waals surface area contributed by atoms with Crippen LogP contribution < -0.4 is 11.1 Å². The zero-order valence-electron chi connectivity index (χ0n) is 12.4. The fourth-order valence-electron chi connectivity index (χ4n) is 2.52. The summed E-state index contributed by atoms with van der Waals surface area (Å²) in [6.07, 6.45) is 3.72. The van der Waals surface area contributed by atoms with Crippen molar-refractivity contribution >= 4 is 5.91 Å². The van der Waals surface area contributed by atoms with Crippen LogP contribution in [0, 0.1) is 12.3 Å². The van der Waals surface area contributed by atoms with Crippen LogP contribution in [0.25, 0.3) is 0 Å². The number of hydrogen-bond donors (Lipinski definition) is 2. The van der Waals surface area contributed by atoms with Crippen molar-refractivity contribution in [2.45, 2.75) is 32.7 Å². The van der Waals surface area contributed by atoms with E-state index in [1.807, 2.05) is 19.1 Å². The number of rotatable bonds is 8. The molecule has 4 nitrogen and oxygen atoms in total. The molecule has 110 valence electrons. The van der Waals surface area contributed by atoms with E-state index < -0.39 is 0 Å². The van der Waals surface area contributed by atoms with Gasteiger partial charge in [-0.15, -0.1) is 0 Å². The highest BCUT2D eigenvalue weighted by atomic mass is 16.5. The predicted octanol–water partition coefficient (Wildman–Crippen LogP) is 2.00. The molecule has 0 aliphatic heterocycles. The lowest BCUT2D eigenvalue weighted by molar-refractivity contribution is 0.1000. The molecule has 0 bridgehead atoms. The maximum absolute atomic E-state index is 11.1. The number of primary amides is 1. The first-order valence-corrected chi connectivity index (χ1v) is 7.15. The number of methoxy groups -OCH3 is 1. The quantitative estimate of drug-likeness (QED) is 0.763. The number of nitrogens with one attached hydrogen (secondary N) is 1. The highest BCUT2D eigenvalue weighted by molar-refractivity contribution is 5.93. The lowest BCUT2D eigenvalue weighted by atomic mass is 10.0. The highest BCUT2D eigenvalue weighted by Gasteiger charge is 2.41. The molecule has 3 N–H and O–H groups in total. The van der Waals surface area contributed by atoms with Gasteiger partial charge >= 0.3 is 0 Å². The molecule has 1 saturated carbocycles. The second-order valence-corrected chi connectivity index (χ2v) is 5.85. The van der Waals surface area contributed by atoms with Gasteiger partial charge in [-0.1, -0.05) is 6.07 Å². The van der Waals surface area contributed by atoms with Crippen molar-refractivity contribution in [1.82, 2.24) is 5.32 Å². The zero-order valence-corrected chi connectivity index (χ0v) is 12.4. The topological polar surface area (TPSA) is 64.3 Å². The van der Waals surface area contributed by atoms with Crippen LogP contribution in [0.1, 0.15) is 40.7 Å². The lowest BCUT2D eigenvalue weighted by Gasteiger charge is -2.16. The van der Waals surface area contributed by atoms with E-state index in [-0.39, 0.29) is 5.91 Å². The third-order valence-electron chi connectivity index (χ3n) is 4.24. The van der Waals surface area contributed by atoms with Gasteiger partial charge in [0, 0.05) is 32.4 Å². The maximum Gasteiger partial charge on any atom is 0.248 e. The molecule has 1 aliphatic rings. The molecular weight excluding hydrogens is 252 g/mol. The molecule has 1 fully saturated rings. The highest BCUT2D eigenvalue weighted by Crippen LogP contribution is 2.48. The Bertz CT molecular complexity index is 481. The Kier molecular flexibility index (Phi) is 4.78. The van der Waals surface area contributed by atoms with Crippen LogP contribution in [0.15, 0.2) is 18.2 Å². The number of nitrogens with two attached hydrogens (primary N) is 1. The SMILES string of the molecule is COCCC1(CNCc2ccc(C(N)=O)cc2C)CC1. The minimum atomic E-state index is -0.371. The number of amides is 1. The van der Waals surface area contributed by atoms with E-state index in [2.05, 4.69) is 5.32 Å². The monoisotopic (exact) mass is 276 g/mol. The Labute approximate surface area is 120 Å². The first kappa shape index (κ1) is 15.0. The number of carbonyl (C=O) groups is 1. The average Bonchev–Trinajstić information content (AvgIpc) is 3.18. The van der Waals surface area contributed by atoms with Crippen molar-refractivity contribution in [3.63, 3.8) is 0 Å². The molecule has 1 aromatic carbocycles. The van der Waals surface area contributed by atoms with Crippen LogP contribution in [0.5, 0.6) is 0 Å². The van der Waals surface area contributed by atoms with Gasteiger partial charge in [-0.05, 0) is 54.9 Å². The molecule has 0 saturated heterocycles. The van der Waals surface area contributed by atoms with E-state index in [4.69, 9.17) is 10.5 Å². The molecule has 0 unspecified atom stereocenters. The molecule has 0 heterocycles. The van der Waals surface area contributed by atoms with Gasteiger partial charge in [-0.2, -0.15) is 0 Å². The predicted molar refractivity (Wildman–Crippen MR) is 79.6 cm³/mol. The van der Waals surface area contributed by atoms with Crippen LogP contribution in [0.3, 0.4) is 0 Å². The summed E-state index contributed by atoms with van der Waals surface area (Å²) in [6.45, 7) is 4.72. The molecule has 0 aromatic heterocycles. The van der Waals surface area contributed by atoms with Crippen molar-refractivity contribution in [2.24, 2.45) is 11.1 Å². The third kappa shape index (κ3) is 3.81. The Balaban J connectivity index is 1.84. The van der Waals surface area contributed by atoms with E-state index in [0.717, 1.165) is 31.7 Å². The first-order chi connectivity index (χ1) is 9.56. The summed E-state index contributed by atoms with van der Waals surface area (Å²) in [4.78, 5) is 11.1. The number of aryl methyl sites for hydroxylation is 1. The molecule has 0 spiro atoms. The third-order valence-corrected chi connectivity index (χ3v) is 4.24. The number of carbonyl (C=O) groups excluding carboxylic acids is 1.